The van der Waals surface area contributed by atoms with Gasteiger partial charge >= 0.3 is 0 Å². The molecule has 1 aromatic rings. The summed E-state index contributed by atoms with van der Waals surface area (Å²) < 4.78 is 11.3. The number of hydrogen-bond acceptors (Lipinski definition) is 4. The molecule has 2 aliphatic heterocycles. The van der Waals surface area contributed by atoms with Crippen LogP contribution in [0.15, 0.2) is 30.3 Å². The Hall–Kier alpha value is -1.85. The molecule has 3 rings (SSSR count). The summed E-state index contributed by atoms with van der Waals surface area (Å²) in [5.74, 6) is 0.815. The van der Waals surface area contributed by atoms with Crippen molar-refractivity contribution in [2.24, 2.45) is 0 Å². The number of piperidine rings is 1. The second-order valence-electron chi connectivity index (χ2n) is 7.04. The maximum atomic E-state index is 12.4. The Morgan fingerprint density at radius 3 is 2.81 bits per heavy atom. The fourth-order valence-corrected chi connectivity index (χ4v) is 3.67. The average molecular weight is 358 g/mol. The summed E-state index contributed by atoms with van der Waals surface area (Å²) in [5.41, 5.74) is 0.914. The molecule has 0 aromatic heterocycles. The number of para-hydroxylation sites is 1. The zero-order chi connectivity index (χ0) is 18.2. The Kier molecular flexibility index (Phi) is 7.09. The maximum absolute atomic E-state index is 12.4. The van der Waals surface area contributed by atoms with Gasteiger partial charge in [-0.25, -0.2) is 0 Å². The maximum Gasteiger partial charge on any atom is 0.246 e. The minimum Gasteiger partial charge on any atom is -0.496 e. The molecule has 1 unspecified atom stereocenters. The average Bonchev–Trinajstić information content (AvgIpc) is 3.16. The van der Waals surface area contributed by atoms with Crippen molar-refractivity contribution >= 4 is 12.0 Å². The fraction of sp³-hybridized carbons (Fsp3) is 0.571. The fourth-order valence-electron chi connectivity index (χ4n) is 3.67. The van der Waals surface area contributed by atoms with Crippen LogP contribution in [0.25, 0.3) is 6.08 Å². The van der Waals surface area contributed by atoms with Gasteiger partial charge in [-0.15, -0.1) is 0 Å². The Morgan fingerprint density at radius 1 is 1.19 bits per heavy atom. The van der Waals surface area contributed by atoms with E-state index in [4.69, 9.17) is 9.47 Å². The van der Waals surface area contributed by atoms with Crippen LogP contribution in [0.1, 0.15) is 31.2 Å². The Labute approximate surface area is 156 Å². The van der Waals surface area contributed by atoms with Crippen molar-refractivity contribution in [3.05, 3.63) is 35.9 Å². The van der Waals surface area contributed by atoms with Crippen LogP contribution in [0, 0.1) is 0 Å². The molecule has 5 heteroatoms. The lowest BCUT2D eigenvalue weighted by atomic mass is 10.1. The second-order valence-corrected chi connectivity index (χ2v) is 7.04. The quantitative estimate of drug-likeness (QED) is 0.703. The van der Waals surface area contributed by atoms with Crippen LogP contribution in [-0.2, 0) is 9.53 Å². The molecule has 1 atom stereocenters. The summed E-state index contributed by atoms with van der Waals surface area (Å²) in [5, 5.41) is 0. The molecule has 0 N–H and O–H groups in total. The second kappa shape index (κ2) is 9.74. The van der Waals surface area contributed by atoms with Crippen LogP contribution in [0.5, 0.6) is 5.75 Å². The molecule has 0 aliphatic carbocycles. The predicted molar refractivity (Wildman–Crippen MR) is 103 cm³/mol. The number of likely N-dealkylation sites (tertiary alicyclic amines) is 2. The molecule has 1 amide bonds. The SMILES string of the molecule is COc1ccccc1C=CC(=O)N1CCC(OCCN2CCCCC2)C1. The first-order valence-corrected chi connectivity index (χ1v) is 9.70. The summed E-state index contributed by atoms with van der Waals surface area (Å²) in [4.78, 5) is 16.8. The molecule has 142 valence electrons. The summed E-state index contributed by atoms with van der Waals surface area (Å²) >= 11 is 0. The van der Waals surface area contributed by atoms with Crippen molar-refractivity contribution in [2.75, 3.05) is 46.4 Å². The molecule has 2 saturated heterocycles. The molecule has 1 aromatic carbocycles. The van der Waals surface area contributed by atoms with Crippen molar-refractivity contribution in [3.8, 4) is 5.75 Å². The van der Waals surface area contributed by atoms with E-state index in [1.165, 1.54) is 32.4 Å². The largest absolute Gasteiger partial charge is 0.496 e. The number of methoxy groups -OCH3 is 1. The van der Waals surface area contributed by atoms with Crippen LogP contribution < -0.4 is 4.74 Å². The van der Waals surface area contributed by atoms with Gasteiger partial charge in [0, 0.05) is 31.3 Å². The lowest BCUT2D eigenvalue weighted by Crippen LogP contribution is -2.34. The van der Waals surface area contributed by atoms with E-state index in [1.807, 2.05) is 35.2 Å². The summed E-state index contributed by atoms with van der Waals surface area (Å²) in [6.07, 6.45) is 8.53. The first kappa shape index (κ1) is 18.9. The zero-order valence-corrected chi connectivity index (χ0v) is 15.7. The van der Waals surface area contributed by atoms with E-state index >= 15 is 0 Å². The molecule has 0 saturated carbocycles. The van der Waals surface area contributed by atoms with E-state index in [0.29, 0.717) is 6.54 Å². The molecule has 0 bridgehead atoms. The van der Waals surface area contributed by atoms with Crippen molar-refractivity contribution in [1.82, 2.24) is 9.80 Å². The number of benzene rings is 1. The minimum atomic E-state index is 0.0398. The van der Waals surface area contributed by atoms with Gasteiger partial charge in [-0.2, -0.15) is 0 Å². The third-order valence-corrected chi connectivity index (χ3v) is 5.21. The van der Waals surface area contributed by atoms with Gasteiger partial charge in [-0.3, -0.25) is 4.79 Å². The zero-order valence-electron chi connectivity index (χ0n) is 15.7. The number of nitrogens with zero attached hydrogens (tertiary/aromatic N) is 2. The molecule has 2 fully saturated rings. The van der Waals surface area contributed by atoms with Gasteiger partial charge in [-0.05, 0) is 44.5 Å². The molecular formula is C21H30N2O3. The highest BCUT2D eigenvalue weighted by Gasteiger charge is 2.25. The first-order valence-electron chi connectivity index (χ1n) is 9.70. The Balaban J connectivity index is 1.41. The van der Waals surface area contributed by atoms with Gasteiger partial charge in [0.25, 0.3) is 0 Å². The summed E-state index contributed by atoms with van der Waals surface area (Å²) in [6, 6.07) is 7.70. The normalized spacial score (nSPS) is 21.4. The van der Waals surface area contributed by atoms with E-state index in [9.17, 15) is 4.79 Å². The van der Waals surface area contributed by atoms with Crippen LogP contribution >= 0.6 is 0 Å². The van der Waals surface area contributed by atoms with E-state index in [-0.39, 0.29) is 12.0 Å². The van der Waals surface area contributed by atoms with E-state index in [2.05, 4.69) is 4.90 Å². The van der Waals surface area contributed by atoms with Crippen LogP contribution in [0.2, 0.25) is 0 Å². The number of carbonyl (C=O) groups is 1. The molecule has 0 spiro atoms. The van der Waals surface area contributed by atoms with Gasteiger partial charge in [0.05, 0.1) is 19.8 Å². The van der Waals surface area contributed by atoms with Gasteiger partial charge in [0.15, 0.2) is 0 Å². The summed E-state index contributed by atoms with van der Waals surface area (Å²) in [6.45, 7) is 5.64. The third-order valence-electron chi connectivity index (χ3n) is 5.21. The molecule has 0 radical (unpaired) electrons. The molecule has 26 heavy (non-hydrogen) atoms. The molecule has 5 nitrogen and oxygen atoms in total. The number of carbonyl (C=O) groups excluding carboxylic acids is 1. The number of hydrogen-bond donors (Lipinski definition) is 0. The van der Waals surface area contributed by atoms with Crippen LogP contribution in [0.3, 0.4) is 0 Å². The molecule has 2 heterocycles. The van der Waals surface area contributed by atoms with Crippen molar-refractivity contribution < 1.29 is 14.3 Å². The van der Waals surface area contributed by atoms with Gasteiger partial charge in [0.2, 0.25) is 5.91 Å². The molecular weight excluding hydrogens is 328 g/mol. The number of rotatable bonds is 7. The lowest BCUT2D eigenvalue weighted by Gasteiger charge is -2.26. The van der Waals surface area contributed by atoms with E-state index in [1.54, 1.807) is 13.2 Å². The lowest BCUT2D eigenvalue weighted by molar-refractivity contribution is -0.125. The highest BCUT2D eigenvalue weighted by Crippen LogP contribution is 2.19. The number of amides is 1. The van der Waals surface area contributed by atoms with Crippen molar-refractivity contribution in [2.45, 2.75) is 31.8 Å². The highest BCUT2D eigenvalue weighted by molar-refractivity contribution is 5.92. The topological polar surface area (TPSA) is 42.0 Å². The smallest absolute Gasteiger partial charge is 0.246 e. The van der Waals surface area contributed by atoms with Gasteiger partial charge in [-0.1, -0.05) is 24.6 Å². The van der Waals surface area contributed by atoms with Crippen LogP contribution in [-0.4, -0.2) is 68.3 Å². The first-order chi connectivity index (χ1) is 12.8. The third kappa shape index (κ3) is 5.32. The van der Waals surface area contributed by atoms with Crippen molar-refractivity contribution in [1.29, 1.82) is 0 Å². The van der Waals surface area contributed by atoms with Crippen LogP contribution in [0.4, 0.5) is 0 Å². The number of ether oxygens (including phenoxy) is 2. The highest BCUT2D eigenvalue weighted by atomic mass is 16.5. The van der Waals surface area contributed by atoms with E-state index < -0.39 is 0 Å². The van der Waals surface area contributed by atoms with E-state index in [0.717, 1.165) is 37.4 Å². The monoisotopic (exact) mass is 358 g/mol. The van der Waals surface area contributed by atoms with Gasteiger partial charge in [0.1, 0.15) is 5.75 Å². The standard InChI is InChI=1S/C21H30N2O3/c1-25-20-8-4-3-7-18(20)9-10-21(24)23-14-11-19(17-23)26-16-15-22-12-5-2-6-13-22/h3-4,7-10,19H,2,5-6,11-17H2,1H3. The predicted octanol–water partition coefficient (Wildman–Crippen LogP) is 2.81. The van der Waals surface area contributed by atoms with Gasteiger partial charge < -0.3 is 19.3 Å². The summed E-state index contributed by atoms with van der Waals surface area (Å²) in [7, 11) is 1.64. The Morgan fingerprint density at radius 2 is 2.00 bits per heavy atom. The molecule has 2 aliphatic rings. The van der Waals surface area contributed by atoms with Crippen molar-refractivity contribution in [3.63, 3.8) is 0 Å². The Bertz CT molecular complexity index is 611. The minimum absolute atomic E-state index is 0.0398.